The second-order valence-corrected chi connectivity index (χ2v) is 19.0. The average Bonchev–Trinajstić information content (AvgIpc) is 3.54. The molecule has 10 heteroatoms. The number of hydrogen-bond acceptors (Lipinski definition) is 6. The molecule has 2 saturated heterocycles. The number of carbonyl (C=O) groups is 2. The van der Waals surface area contributed by atoms with E-state index in [0.717, 1.165) is 49.3 Å². The Kier molecular flexibility index (Phi) is 6.46. The van der Waals surface area contributed by atoms with Crippen LogP contribution >= 0.6 is 0 Å². The molecule has 2 aliphatic heterocycles. The summed E-state index contributed by atoms with van der Waals surface area (Å²) in [4.78, 5) is 28.2. The van der Waals surface area contributed by atoms with E-state index in [2.05, 4.69) is 34.6 Å². The molecule has 226 valence electrons. The van der Waals surface area contributed by atoms with Crippen molar-refractivity contribution in [3.63, 3.8) is 0 Å². The van der Waals surface area contributed by atoms with Gasteiger partial charge in [-0.05, 0) is 67.6 Å². The van der Waals surface area contributed by atoms with Crippen molar-refractivity contribution in [1.29, 1.82) is 0 Å². The van der Waals surface area contributed by atoms with E-state index in [1.807, 2.05) is 0 Å². The van der Waals surface area contributed by atoms with Crippen LogP contribution in [0.25, 0.3) is 0 Å². The smallest absolute Gasteiger partial charge is 0.239 e. The molecule has 40 heavy (non-hydrogen) atoms. The van der Waals surface area contributed by atoms with Gasteiger partial charge in [0.15, 0.2) is 0 Å². The zero-order valence-electron chi connectivity index (χ0n) is 24.9. The lowest BCUT2D eigenvalue weighted by molar-refractivity contribution is -0.139. The molecular formula is C30H48N2O6S2. The second kappa shape index (κ2) is 8.93. The molecule has 7 atom stereocenters. The molecule has 6 fully saturated rings. The first kappa shape index (κ1) is 28.9. The maximum Gasteiger partial charge on any atom is 0.239 e. The van der Waals surface area contributed by atoms with Crippen LogP contribution in [0, 0.1) is 39.4 Å². The van der Waals surface area contributed by atoms with Gasteiger partial charge in [0.05, 0.1) is 23.6 Å². The monoisotopic (exact) mass is 596 g/mol. The molecule has 2 amide bonds. The number of nitrogens with zero attached hydrogens (tertiary/aromatic N) is 2. The normalized spacial score (nSPS) is 41.3. The van der Waals surface area contributed by atoms with E-state index in [-0.39, 0.29) is 40.8 Å². The Bertz CT molecular complexity index is 1320. The van der Waals surface area contributed by atoms with E-state index in [9.17, 15) is 26.4 Å². The van der Waals surface area contributed by atoms with E-state index in [1.165, 1.54) is 4.31 Å². The van der Waals surface area contributed by atoms with Crippen LogP contribution in [0.5, 0.6) is 0 Å². The Morgan fingerprint density at radius 3 is 1.77 bits per heavy atom. The predicted molar refractivity (Wildman–Crippen MR) is 153 cm³/mol. The molecule has 0 aromatic rings. The zero-order chi connectivity index (χ0) is 29.1. The number of carbonyl (C=O) groups excluding carboxylic acids is 2. The largest absolute Gasteiger partial charge is 0.274 e. The molecule has 2 spiro atoms. The van der Waals surface area contributed by atoms with Crippen LogP contribution in [0.15, 0.2) is 0 Å². The fraction of sp³-hybridized carbons (Fsp3) is 0.933. The van der Waals surface area contributed by atoms with Crippen molar-refractivity contribution in [2.24, 2.45) is 39.4 Å². The van der Waals surface area contributed by atoms with Crippen LogP contribution < -0.4 is 0 Å². The van der Waals surface area contributed by atoms with Gasteiger partial charge in [0.25, 0.3) is 0 Å². The molecule has 4 aliphatic carbocycles. The molecule has 2 heterocycles. The summed E-state index contributed by atoms with van der Waals surface area (Å²) < 4.78 is 56.6. The van der Waals surface area contributed by atoms with E-state index >= 15 is 0 Å². The summed E-state index contributed by atoms with van der Waals surface area (Å²) in [5.41, 5.74) is -1.16. The molecular weight excluding hydrogens is 548 g/mol. The maximum absolute atomic E-state index is 14.2. The summed E-state index contributed by atoms with van der Waals surface area (Å²) in [5, 5.41) is 0. The van der Waals surface area contributed by atoms with Crippen molar-refractivity contribution < 1.29 is 26.4 Å². The van der Waals surface area contributed by atoms with Gasteiger partial charge in [-0.1, -0.05) is 60.3 Å². The molecule has 0 aromatic carbocycles. The number of fused-ring (bicyclic) bond motifs is 2. The number of amides is 2. The third kappa shape index (κ3) is 3.59. The molecule has 4 bridgehead atoms. The SMILES string of the molecule is CCCCCC[C@@H](CC(=O)N1[C@@H]2C[C@H]3CC[C@]2(CS1(=O)=O)C3(C)C)C(=O)N1[C@@H]2C[C@H]3CC[C@]2(CS1(=O)=O)C3(C)C. The first-order valence-electron chi connectivity index (χ1n) is 15.7. The number of rotatable bonds is 8. The first-order chi connectivity index (χ1) is 18.6. The van der Waals surface area contributed by atoms with Crippen LogP contribution in [0.4, 0.5) is 0 Å². The Morgan fingerprint density at radius 2 is 1.27 bits per heavy atom. The molecule has 0 radical (unpaired) electrons. The minimum Gasteiger partial charge on any atom is -0.274 e. The predicted octanol–water partition coefficient (Wildman–Crippen LogP) is 4.70. The van der Waals surface area contributed by atoms with Crippen molar-refractivity contribution in [1.82, 2.24) is 8.61 Å². The van der Waals surface area contributed by atoms with E-state index in [1.54, 1.807) is 0 Å². The van der Waals surface area contributed by atoms with Crippen LogP contribution in [0.3, 0.4) is 0 Å². The van der Waals surface area contributed by atoms with E-state index in [4.69, 9.17) is 0 Å². The van der Waals surface area contributed by atoms with Crippen molar-refractivity contribution in [3.8, 4) is 0 Å². The van der Waals surface area contributed by atoms with Crippen molar-refractivity contribution in [2.75, 3.05) is 11.5 Å². The van der Waals surface area contributed by atoms with E-state index in [0.29, 0.717) is 37.5 Å². The molecule has 6 rings (SSSR count). The van der Waals surface area contributed by atoms with E-state index < -0.39 is 48.6 Å². The summed E-state index contributed by atoms with van der Waals surface area (Å²) in [6.07, 6.45) is 8.78. The van der Waals surface area contributed by atoms with Crippen molar-refractivity contribution in [3.05, 3.63) is 0 Å². The Morgan fingerprint density at radius 1 is 0.775 bits per heavy atom. The third-order valence-corrected chi connectivity index (χ3v) is 17.3. The van der Waals surface area contributed by atoms with Crippen molar-refractivity contribution in [2.45, 2.75) is 124 Å². The fourth-order valence-electron chi connectivity index (χ4n) is 10.8. The first-order valence-corrected chi connectivity index (χ1v) is 18.9. The molecule has 0 aromatic heterocycles. The second-order valence-electron chi connectivity index (χ2n) is 15.3. The highest BCUT2D eigenvalue weighted by Crippen LogP contribution is 2.71. The minimum absolute atomic E-state index is 0.00201. The molecule has 0 N–H and O–H groups in total. The minimum atomic E-state index is -3.82. The quantitative estimate of drug-likeness (QED) is 0.376. The van der Waals surface area contributed by atoms with Gasteiger partial charge in [-0.3, -0.25) is 9.59 Å². The fourth-order valence-corrected chi connectivity index (χ4v) is 16.0. The van der Waals surface area contributed by atoms with Gasteiger partial charge in [0.1, 0.15) is 0 Å². The number of unbranched alkanes of at least 4 members (excludes halogenated alkanes) is 3. The summed E-state index contributed by atoms with van der Waals surface area (Å²) in [6, 6.07) is -0.697. The molecule has 0 unspecified atom stereocenters. The third-order valence-electron chi connectivity index (χ3n) is 13.5. The Labute approximate surface area is 241 Å². The summed E-state index contributed by atoms with van der Waals surface area (Å²) in [5.74, 6) is -1.04. The Hall–Kier alpha value is -1.16. The van der Waals surface area contributed by atoms with Crippen LogP contribution in [0.1, 0.15) is 112 Å². The summed E-state index contributed by atoms with van der Waals surface area (Å²) in [6.45, 7) is 10.7. The van der Waals surface area contributed by atoms with Crippen molar-refractivity contribution >= 4 is 31.9 Å². The van der Waals surface area contributed by atoms with Crippen LogP contribution in [-0.2, 0) is 29.6 Å². The highest BCUT2D eigenvalue weighted by atomic mass is 32.2. The zero-order valence-corrected chi connectivity index (χ0v) is 26.6. The highest BCUT2D eigenvalue weighted by molar-refractivity contribution is 7.90. The highest BCUT2D eigenvalue weighted by Gasteiger charge is 2.74. The average molecular weight is 597 g/mol. The van der Waals surface area contributed by atoms with Gasteiger partial charge in [-0.2, -0.15) is 0 Å². The maximum atomic E-state index is 14.2. The number of sulfonamides is 2. The van der Waals surface area contributed by atoms with Gasteiger partial charge in [-0.15, -0.1) is 0 Å². The lowest BCUT2D eigenvalue weighted by Gasteiger charge is -2.38. The lowest BCUT2D eigenvalue weighted by atomic mass is 9.69. The standard InChI is InChI=1S/C30H48N2O6S2/c1-6-7-8-9-10-20(26(34)32-24-17-22-12-14-30(24,28(22,4)5)19-40(32,37)38)15-25(33)31-23-16-21-11-13-29(23,27(21,2)3)18-39(31,35)36/h20-24H,6-19H2,1-5H3/t20-,21+,22+,23+,24+,29+,30+/m0/s1. The van der Waals surface area contributed by atoms with Gasteiger partial charge >= 0.3 is 0 Å². The molecule has 4 saturated carbocycles. The van der Waals surface area contributed by atoms with Crippen LogP contribution in [0.2, 0.25) is 0 Å². The van der Waals surface area contributed by atoms with Gasteiger partial charge in [0.2, 0.25) is 31.9 Å². The van der Waals surface area contributed by atoms with Gasteiger partial charge in [0, 0.05) is 23.2 Å². The molecule has 8 nitrogen and oxygen atoms in total. The van der Waals surface area contributed by atoms with Crippen LogP contribution in [-0.4, -0.2) is 60.8 Å². The topological polar surface area (TPSA) is 109 Å². The summed E-state index contributed by atoms with van der Waals surface area (Å²) in [7, 11) is -7.61. The van der Waals surface area contributed by atoms with Gasteiger partial charge in [-0.25, -0.2) is 25.4 Å². The van der Waals surface area contributed by atoms with Gasteiger partial charge < -0.3 is 0 Å². The molecule has 6 aliphatic rings. The number of hydrogen-bond donors (Lipinski definition) is 0. The Balaban J connectivity index is 1.28. The lowest BCUT2D eigenvalue weighted by Crippen LogP contribution is -2.48. The summed E-state index contributed by atoms with van der Waals surface area (Å²) >= 11 is 0.